The van der Waals surface area contributed by atoms with Gasteiger partial charge in [0.25, 0.3) is 0 Å². The first-order valence-corrected chi connectivity index (χ1v) is 8.08. The van der Waals surface area contributed by atoms with Gasteiger partial charge in [0.2, 0.25) is 5.91 Å². The minimum absolute atomic E-state index is 0.0418. The fraction of sp³-hybridized carbons (Fsp3) is 0.467. The summed E-state index contributed by atoms with van der Waals surface area (Å²) >= 11 is 1.64. The van der Waals surface area contributed by atoms with E-state index in [1.54, 1.807) is 18.7 Å². The highest BCUT2D eigenvalue weighted by Gasteiger charge is 2.24. The Labute approximate surface area is 129 Å². The van der Waals surface area contributed by atoms with E-state index >= 15 is 0 Å². The molecule has 0 aliphatic carbocycles. The maximum absolute atomic E-state index is 12.3. The Kier molecular flexibility index (Phi) is 7.08. The van der Waals surface area contributed by atoms with Crippen molar-refractivity contribution in [2.24, 2.45) is 5.92 Å². The molecule has 0 spiro atoms. The molecule has 1 atom stereocenters. The van der Waals surface area contributed by atoms with Crippen molar-refractivity contribution in [3.8, 4) is 0 Å². The third-order valence-corrected chi connectivity index (χ3v) is 3.60. The van der Waals surface area contributed by atoms with Crippen LogP contribution in [0.15, 0.2) is 29.2 Å². The van der Waals surface area contributed by atoms with Crippen molar-refractivity contribution in [2.45, 2.75) is 31.7 Å². The van der Waals surface area contributed by atoms with Crippen LogP contribution in [-0.2, 0) is 9.53 Å². The number of rotatable bonds is 6. The van der Waals surface area contributed by atoms with Crippen LogP contribution in [0.5, 0.6) is 0 Å². The van der Waals surface area contributed by atoms with Gasteiger partial charge >= 0.3 is 6.09 Å². The number of thioether (sulfide) groups is 1. The molecule has 21 heavy (non-hydrogen) atoms. The highest BCUT2D eigenvalue weighted by molar-refractivity contribution is 7.98. The molecule has 6 heteroatoms. The van der Waals surface area contributed by atoms with Crippen LogP contribution >= 0.6 is 11.8 Å². The van der Waals surface area contributed by atoms with Gasteiger partial charge in [-0.25, -0.2) is 4.79 Å². The lowest BCUT2D eigenvalue weighted by atomic mass is 10.0. The van der Waals surface area contributed by atoms with Crippen molar-refractivity contribution in [3.63, 3.8) is 0 Å². The average Bonchev–Trinajstić information content (AvgIpc) is 2.45. The maximum atomic E-state index is 12.3. The molecule has 0 bridgehead atoms. The van der Waals surface area contributed by atoms with Gasteiger partial charge in [-0.05, 0) is 43.4 Å². The van der Waals surface area contributed by atoms with E-state index in [9.17, 15) is 9.59 Å². The third kappa shape index (κ3) is 5.67. The minimum Gasteiger partial charge on any atom is -0.450 e. The number of amides is 2. The largest absolute Gasteiger partial charge is 0.450 e. The maximum Gasteiger partial charge on any atom is 0.407 e. The molecule has 2 amide bonds. The van der Waals surface area contributed by atoms with Crippen LogP contribution in [-0.4, -0.2) is 30.9 Å². The molecule has 0 aromatic heterocycles. The Morgan fingerprint density at radius 2 is 1.86 bits per heavy atom. The smallest absolute Gasteiger partial charge is 0.407 e. The van der Waals surface area contributed by atoms with E-state index in [2.05, 4.69) is 10.6 Å². The fourth-order valence-electron chi connectivity index (χ4n) is 1.73. The van der Waals surface area contributed by atoms with Crippen LogP contribution in [0.1, 0.15) is 20.8 Å². The number of alkyl carbamates (subject to hydrolysis) is 1. The van der Waals surface area contributed by atoms with Crippen molar-refractivity contribution in [3.05, 3.63) is 24.3 Å². The summed E-state index contributed by atoms with van der Waals surface area (Å²) in [7, 11) is 0. The Bertz CT molecular complexity index is 474. The number of nitrogens with one attached hydrogen (secondary N) is 2. The summed E-state index contributed by atoms with van der Waals surface area (Å²) in [5, 5.41) is 5.39. The zero-order valence-electron chi connectivity index (χ0n) is 12.8. The SMILES string of the molecule is CCOC(=O)NC(C(=O)Nc1ccc(SC)cc1)C(C)C. The van der Waals surface area contributed by atoms with Gasteiger partial charge in [-0.2, -0.15) is 0 Å². The number of hydrogen-bond acceptors (Lipinski definition) is 4. The predicted molar refractivity (Wildman–Crippen MR) is 85.6 cm³/mol. The predicted octanol–water partition coefficient (Wildman–Crippen LogP) is 3.12. The number of hydrogen-bond donors (Lipinski definition) is 2. The molecule has 2 N–H and O–H groups in total. The summed E-state index contributed by atoms with van der Waals surface area (Å²) in [5.74, 6) is -0.296. The van der Waals surface area contributed by atoms with Gasteiger partial charge in [-0.3, -0.25) is 4.79 Å². The number of ether oxygens (including phenoxy) is 1. The molecule has 0 aliphatic heterocycles. The molecular weight excluding hydrogens is 288 g/mol. The number of carbonyl (C=O) groups is 2. The molecule has 116 valence electrons. The molecule has 0 saturated carbocycles. The van der Waals surface area contributed by atoms with E-state index < -0.39 is 12.1 Å². The monoisotopic (exact) mass is 310 g/mol. The van der Waals surface area contributed by atoms with Gasteiger partial charge in [-0.15, -0.1) is 11.8 Å². The highest BCUT2D eigenvalue weighted by Crippen LogP contribution is 2.18. The quantitative estimate of drug-likeness (QED) is 0.792. The first-order chi connectivity index (χ1) is 9.97. The van der Waals surface area contributed by atoms with Crippen molar-refractivity contribution < 1.29 is 14.3 Å². The van der Waals surface area contributed by atoms with E-state index in [0.717, 1.165) is 4.90 Å². The average molecular weight is 310 g/mol. The Hall–Kier alpha value is -1.69. The molecule has 5 nitrogen and oxygen atoms in total. The first-order valence-electron chi connectivity index (χ1n) is 6.86. The van der Waals surface area contributed by atoms with Crippen LogP contribution in [0.25, 0.3) is 0 Å². The van der Waals surface area contributed by atoms with Gasteiger partial charge in [0.15, 0.2) is 0 Å². The second-order valence-electron chi connectivity index (χ2n) is 4.80. The van der Waals surface area contributed by atoms with Crippen LogP contribution in [0.4, 0.5) is 10.5 Å². The van der Waals surface area contributed by atoms with Gasteiger partial charge in [0.1, 0.15) is 6.04 Å². The summed E-state index contributed by atoms with van der Waals surface area (Å²) in [6, 6.07) is 6.91. The van der Waals surface area contributed by atoms with Crippen molar-refractivity contribution >= 4 is 29.4 Å². The molecule has 0 fully saturated rings. The molecule has 0 aliphatic rings. The lowest BCUT2D eigenvalue weighted by Crippen LogP contribution is -2.47. The fourth-order valence-corrected chi connectivity index (χ4v) is 2.14. The van der Waals surface area contributed by atoms with Crippen LogP contribution < -0.4 is 10.6 Å². The summed E-state index contributed by atoms with van der Waals surface area (Å²) in [6.07, 6.45) is 1.41. The second kappa shape index (κ2) is 8.56. The molecule has 0 radical (unpaired) electrons. The number of benzene rings is 1. The van der Waals surface area contributed by atoms with E-state index in [-0.39, 0.29) is 18.4 Å². The second-order valence-corrected chi connectivity index (χ2v) is 5.68. The third-order valence-electron chi connectivity index (χ3n) is 2.86. The van der Waals surface area contributed by atoms with Crippen molar-refractivity contribution in [1.82, 2.24) is 5.32 Å². The summed E-state index contributed by atoms with van der Waals surface area (Å²) in [4.78, 5) is 24.9. The molecule has 0 saturated heterocycles. The van der Waals surface area contributed by atoms with Gasteiger partial charge < -0.3 is 15.4 Å². The first kappa shape index (κ1) is 17.4. The van der Waals surface area contributed by atoms with Crippen LogP contribution in [0, 0.1) is 5.92 Å². The molecule has 1 unspecified atom stereocenters. The van der Waals surface area contributed by atoms with Gasteiger partial charge in [-0.1, -0.05) is 13.8 Å². The standard InChI is InChI=1S/C15H22N2O3S/c1-5-20-15(19)17-13(10(2)3)14(18)16-11-6-8-12(21-4)9-7-11/h6-10,13H,5H2,1-4H3,(H,16,18)(H,17,19). The van der Waals surface area contributed by atoms with Crippen LogP contribution in [0.3, 0.4) is 0 Å². The molecular formula is C15H22N2O3S. The van der Waals surface area contributed by atoms with E-state index in [1.807, 2.05) is 44.4 Å². The van der Waals surface area contributed by atoms with Gasteiger partial charge in [0.05, 0.1) is 6.61 Å². The molecule has 1 aromatic carbocycles. The zero-order chi connectivity index (χ0) is 15.8. The Morgan fingerprint density at radius 1 is 1.24 bits per heavy atom. The molecule has 1 aromatic rings. The lowest BCUT2D eigenvalue weighted by Gasteiger charge is -2.21. The normalized spacial score (nSPS) is 11.9. The van der Waals surface area contributed by atoms with Crippen molar-refractivity contribution in [2.75, 3.05) is 18.2 Å². The summed E-state index contributed by atoms with van der Waals surface area (Å²) in [5.41, 5.74) is 0.703. The number of carbonyl (C=O) groups excluding carboxylic acids is 2. The molecule has 0 heterocycles. The van der Waals surface area contributed by atoms with E-state index in [0.29, 0.717) is 5.69 Å². The highest BCUT2D eigenvalue weighted by atomic mass is 32.2. The van der Waals surface area contributed by atoms with E-state index in [4.69, 9.17) is 4.74 Å². The molecule has 1 rings (SSSR count). The lowest BCUT2D eigenvalue weighted by molar-refractivity contribution is -0.119. The minimum atomic E-state index is -0.635. The Balaban J connectivity index is 2.69. The topological polar surface area (TPSA) is 67.4 Å². The van der Waals surface area contributed by atoms with Crippen molar-refractivity contribution in [1.29, 1.82) is 0 Å². The van der Waals surface area contributed by atoms with Crippen LogP contribution in [0.2, 0.25) is 0 Å². The number of anilines is 1. The Morgan fingerprint density at radius 3 is 2.33 bits per heavy atom. The zero-order valence-corrected chi connectivity index (χ0v) is 13.6. The summed E-state index contributed by atoms with van der Waals surface area (Å²) in [6.45, 7) is 5.73. The van der Waals surface area contributed by atoms with Gasteiger partial charge in [0, 0.05) is 10.6 Å². The summed E-state index contributed by atoms with van der Waals surface area (Å²) < 4.78 is 4.82. The van der Waals surface area contributed by atoms with E-state index in [1.165, 1.54) is 0 Å².